The minimum atomic E-state index is 0.374. The van der Waals surface area contributed by atoms with Gasteiger partial charge in [-0.1, -0.05) is 6.07 Å². The van der Waals surface area contributed by atoms with Gasteiger partial charge in [0.1, 0.15) is 5.65 Å². The highest BCUT2D eigenvalue weighted by Crippen LogP contribution is 2.17. The lowest BCUT2D eigenvalue weighted by Crippen LogP contribution is -2.21. The van der Waals surface area contributed by atoms with E-state index in [1.54, 1.807) is 0 Å². The molecule has 0 N–H and O–H groups in total. The second-order valence-electron chi connectivity index (χ2n) is 4.39. The van der Waals surface area contributed by atoms with E-state index in [1.165, 1.54) is 19.3 Å². The van der Waals surface area contributed by atoms with Crippen molar-refractivity contribution in [1.29, 1.82) is 0 Å². The first-order chi connectivity index (χ1) is 7.92. The summed E-state index contributed by atoms with van der Waals surface area (Å²) in [6.45, 7) is 0.915. The number of aromatic nitrogens is 2. The Kier molecular flexibility index (Phi) is 2.62. The van der Waals surface area contributed by atoms with Crippen molar-refractivity contribution in [3.05, 3.63) is 36.3 Å². The second-order valence-corrected chi connectivity index (χ2v) is 4.39. The molecule has 1 aliphatic rings. The average molecular weight is 216 g/mol. The van der Waals surface area contributed by atoms with Gasteiger partial charge >= 0.3 is 0 Å². The first kappa shape index (κ1) is 9.85. The first-order valence-corrected chi connectivity index (χ1v) is 5.96. The standard InChI is InChI=1S/C13H16N2O/c1-3-7-15-10-11(14-13(15)6-1)9-12-5-2-4-8-16-12/h1,3,6-7,10,12H,2,4-5,8-9H2. The average Bonchev–Trinajstić information content (AvgIpc) is 2.72. The molecule has 0 spiro atoms. The van der Waals surface area contributed by atoms with E-state index in [0.29, 0.717) is 6.10 Å². The molecule has 0 bridgehead atoms. The van der Waals surface area contributed by atoms with Gasteiger partial charge in [0.2, 0.25) is 0 Å². The van der Waals surface area contributed by atoms with Crippen molar-refractivity contribution in [2.24, 2.45) is 0 Å². The van der Waals surface area contributed by atoms with E-state index in [9.17, 15) is 0 Å². The van der Waals surface area contributed by atoms with Gasteiger partial charge in [0, 0.05) is 25.4 Å². The summed E-state index contributed by atoms with van der Waals surface area (Å²) in [5.41, 5.74) is 2.16. The van der Waals surface area contributed by atoms with Gasteiger partial charge in [-0.25, -0.2) is 4.98 Å². The van der Waals surface area contributed by atoms with E-state index < -0.39 is 0 Å². The van der Waals surface area contributed by atoms with Crippen LogP contribution in [0.4, 0.5) is 0 Å². The van der Waals surface area contributed by atoms with Gasteiger partial charge in [-0.15, -0.1) is 0 Å². The third-order valence-corrected chi connectivity index (χ3v) is 3.12. The topological polar surface area (TPSA) is 26.5 Å². The molecule has 1 fully saturated rings. The van der Waals surface area contributed by atoms with Gasteiger partial charge in [0.05, 0.1) is 11.8 Å². The summed E-state index contributed by atoms with van der Waals surface area (Å²) in [4.78, 5) is 4.59. The molecule has 0 saturated carbocycles. The summed E-state index contributed by atoms with van der Waals surface area (Å²) in [6.07, 6.45) is 9.13. The lowest BCUT2D eigenvalue weighted by molar-refractivity contribution is 0.0163. The number of nitrogens with zero attached hydrogens (tertiary/aromatic N) is 2. The van der Waals surface area contributed by atoms with E-state index in [1.807, 2.05) is 24.4 Å². The molecule has 16 heavy (non-hydrogen) atoms. The van der Waals surface area contributed by atoms with Gasteiger partial charge in [-0.3, -0.25) is 0 Å². The van der Waals surface area contributed by atoms with Gasteiger partial charge in [0.15, 0.2) is 0 Å². The number of hydrogen-bond acceptors (Lipinski definition) is 2. The summed E-state index contributed by atoms with van der Waals surface area (Å²) in [5, 5.41) is 0. The number of imidazole rings is 1. The molecule has 3 rings (SSSR count). The number of hydrogen-bond donors (Lipinski definition) is 0. The van der Waals surface area contributed by atoms with Crippen molar-refractivity contribution in [2.75, 3.05) is 6.61 Å². The largest absolute Gasteiger partial charge is 0.378 e. The highest BCUT2D eigenvalue weighted by molar-refractivity contribution is 5.39. The zero-order valence-electron chi connectivity index (χ0n) is 9.30. The summed E-state index contributed by atoms with van der Waals surface area (Å²) >= 11 is 0. The lowest BCUT2D eigenvalue weighted by atomic mass is 10.1. The van der Waals surface area contributed by atoms with E-state index in [0.717, 1.165) is 24.4 Å². The third-order valence-electron chi connectivity index (χ3n) is 3.12. The monoisotopic (exact) mass is 216 g/mol. The molecule has 3 nitrogen and oxygen atoms in total. The molecule has 84 valence electrons. The fourth-order valence-electron chi connectivity index (χ4n) is 2.29. The third kappa shape index (κ3) is 1.95. The molecule has 1 aliphatic heterocycles. The maximum atomic E-state index is 5.73. The Morgan fingerprint density at radius 1 is 1.38 bits per heavy atom. The van der Waals surface area contributed by atoms with Crippen LogP contribution >= 0.6 is 0 Å². The van der Waals surface area contributed by atoms with Crippen LogP contribution in [0.25, 0.3) is 5.65 Å². The Balaban J connectivity index is 1.78. The molecular weight excluding hydrogens is 200 g/mol. The quantitative estimate of drug-likeness (QED) is 0.770. The number of fused-ring (bicyclic) bond motifs is 1. The fourth-order valence-corrected chi connectivity index (χ4v) is 2.29. The summed E-state index contributed by atoms with van der Waals surface area (Å²) in [7, 11) is 0. The zero-order valence-corrected chi connectivity index (χ0v) is 9.30. The SMILES string of the molecule is c1ccn2cc(CC3CCCCO3)nc2c1. The Morgan fingerprint density at radius 2 is 2.38 bits per heavy atom. The van der Waals surface area contributed by atoms with Gasteiger partial charge in [-0.2, -0.15) is 0 Å². The van der Waals surface area contributed by atoms with E-state index in [4.69, 9.17) is 4.74 Å². The molecule has 1 saturated heterocycles. The normalized spacial score (nSPS) is 21.4. The van der Waals surface area contributed by atoms with Crippen LogP contribution in [0.5, 0.6) is 0 Å². The van der Waals surface area contributed by atoms with E-state index >= 15 is 0 Å². The summed E-state index contributed by atoms with van der Waals surface area (Å²) in [6, 6.07) is 6.07. The lowest BCUT2D eigenvalue weighted by Gasteiger charge is -2.21. The van der Waals surface area contributed by atoms with Crippen molar-refractivity contribution < 1.29 is 4.74 Å². The second kappa shape index (κ2) is 4.26. The maximum Gasteiger partial charge on any atom is 0.136 e. The Hall–Kier alpha value is -1.35. The predicted molar refractivity (Wildman–Crippen MR) is 62.5 cm³/mol. The van der Waals surface area contributed by atoms with E-state index in [2.05, 4.69) is 15.6 Å². The smallest absolute Gasteiger partial charge is 0.136 e. The molecular formula is C13H16N2O. The minimum absolute atomic E-state index is 0.374. The molecule has 0 radical (unpaired) electrons. The Morgan fingerprint density at radius 3 is 3.19 bits per heavy atom. The number of ether oxygens (including phenoxy) is 1. The number of rotatable bonds is 2. The van der Waals surface area contributed by atoms with Crippen LogP contribution in [-0.4, -0.2) is 22.1 Å². The fraction of sp³-hybridized carbons (Fsp3) is 0.462. The van der Waals surface area contributed by atoms with Crippen LogP contribution in [0, 0.1) is 0 Å². The predicted octanol–water partition coefficient (Wildman–Crippen LogP) is 2.45. The van der Waals surface area contributed by atoms with Gasteiger partial charge in [0.25, 0.3) is 0 Å². The van der Waals surface area contributed by atoms with Crippen LogP contribution in [0.3, 0.4) is 0 Å². The van der Waals surface area contributed by atoms with Crippen LogP contribution < -0.4 is 0 Å². The number of pyridine rings is 1. The molecule has 2 aromatic rings. The maximum absolute atomic E-state index is 5.73. The van der Waals surface area contributed by atoms with Crippen molar-refractivity contribution in [3.63, 3.8) is 0 Å². The molecule has 3 heterocycles. The molecule has 3 heteroatoms. The molecule has 1 unspecified atom stereocenters. The van der Waals surface area contributed by atoms with E-state index in [-0.39, 0.29) is 0 Å². The van der Waals surface area contributed by atoms with Gasteiger partial charge < -0.3 is 9.14 Å². The molecule has 0 amide bonds. The van der Waals surface area contributed by atoms with Crippen LogP contribution in [0.2, 0.25) is 0 Å². The highest BCUT2D eigenvalue weighted by atomic mass is 16.5. The zero-order chi connectivity index (χ0) is 10.8. The van der Waals surface area contributed by atoms with Crippen LogP contribution in [0.15, 0.2) is 30.6 Å². The molecule has 0 aliphatic carbocycles. The highest BCUT2D eigenvalue weighted by Gasteiger charge is 2.15. The van der Waals surface area contributed by atoms with Crippen molar-refractivity contribution >= 4 is 5.65 Å². The molecule has 1 atom stereocenters. The summed E-state index contributed by atoms with van der Waals surface area (Å²) in [5.74, 6) is 0. The minimum Gasteiger partial charge on any atom is -0.378 e. The van der Waals surface area contributed by atoms with Crippen molar-refractivity contribution in [1.82, 2.24) is 9.38 Å². The summed E-state index contributed by atoms with van der Waals surface area (Å²) < 4.78 is 7.80. The van der Waals surface area contributed by atoms with Crippen LogP contribution in [-0.2, 0) is 11.2 Å². The van der Waals surface area contributed by atoms with Crippen molar-refractivity contribution in [2.45, 2.75) is 31.8 Å². The Labute approximate surface area is 95.1 Å². The van der Waals surface area contributed by atoms with Gasteiger partial charge in [-0.05, 0) is 31.4 Å². The van der Waals surface area contributed by atoms with Crippen LogP contribution in [0.1, 0.15) is 25.0 Å². The Bertz CT molecular complexity index is 438. The molecule has 0 aromatic carbocycles. The first-order valence-electron chi connectivity index (χ1n) is 5.96. The van der Waals surface area contributed by atoms with Crippen molar-refractivity contribution in [3.8, 4) is 0 Å². The molecule has 2 aromatic heterocycles.